The van der Waals surface area contributed by atoms with E-state index in [-0.39, 0.29) is 0 Å². The summed E-state index contributed by atoms with van der Waals surface area (Å²) in [6, 6.07) is 7.48. The van der Waals surface area contributed by atoms with Gasteiger partial charge in [-0.3, -0.25) is 4.79 Å². The molecule has 0 radical (unpaired) electrons. The van der Waals surface area contributed by atoms with Crippen LogP contribution in [0.5, 0.6) is 0 Å². The maximum atomic E-state index is 10.8. The summed E-state index contributed by atoms with van der Waals surface area (Å²) in [5.41, 5.74) is 0.793. The Bertz CT molecular complexity index is 447. The van der Waals surface area contributed by atoms with Gasteiger partial charge in [0.2, 0.25) is 5.12 Å². The predicted molar refractivity (Wildman–Crippen MR) is 58.6 cm³/mol. The van der Waals surface area contributed by atoms with Gasteiger partial charge in [-0.15, -0.1) is 24.0 Å². The molecule has 1 aromatic carbocycles. The van der Waals surface area contributed by atoms with E-state index in [1.165, 1.54) is 11.3 Å². The quantitative estimate of drug-likeness (QED) is 0.766. The fourth-order valence-electron chi connectivity index (χ4n) is 1.11. The zero-order chi connectivity index (χ0) is 10.1. The Labute approximate surface area is 89.8 Å². The number of nitrogens with zero attached hydrogens (tertiary/aromatic N) is 1. The smallest absolute Gasteiger partial charge is 0.221 e. The van der Waals surface area contributed by atoms with Crippen molar-refractivity contribution in [3.63, 3.8) is 0 Å². The third-order valence-electron chi connectivity index (χ3n) is 1.78. The topological polar surface area (TPSA) is 50.2 Å². The van der Waals surface area contributed by atoms with Crippen LogP contribution in [0.4, 0.5) is 0 Å². The average molecular weight is 225 g/mol. The van der Waals surface area contributed by atoms with Crippen molar-refractivity contribution < 1.29 is 9.90 Å². The zero-order valence-electron chi connectivity index (χ0n) is 7.04. The first kappa shape index (κ1) is 9.64. The lowest BCUT2D eigenvalue weighted by molar-refractivity contribution is -0.118. The number of rotatable bonds is 2. The number of fused-ring (bicyclic) bond motifs is 1. The maximum Gasteiger partial charge on any atom is 0.221 e. The second-order valence-corrected chi connectivity index (χ2v) is 4.26. The molecule has 2 aromatic rings. The van der Waals surface area contributed by atoms with E-state index in [1.807, 2.05) is 24.3 Å². The molecular weight excluding hydrogens is 218 g/mol. The van der Waals surface area contributed by atoms with Crippen LogP contribution in [0.1, 0.15) is 11.1 Å². The second kappa shape index (κ2) is 3.68. The van der Waals surface area contributed by atoms with Crippen LogP contribution in [0.3, 0.4) is 0 Å². The third kappa shape index (κ3) is 1.66. The molecule has 0 fully saturated rings. The Balaban J connectivity index is 2.50. The summed E-state index contributed by atoms with van der Waals surface area (Å²) in [5.74, 6) is 0. The van der Waals surface area contributed by atoms with Crippen molar-refractivity contribution in [1.29, 1.82) is 0 Å². The summed E-state index contributed by atoms with van der Waals surface area (Å²) in [7, 11) is 0. The molecule has 0 spiro atoms. The number of aliphatic hydroxyl groups excluding tert-OH is 1. The SMILES string of the molecule is O=C(S)C(O)c1nc2ccccc2s1. The number of carbonyl (C=O) groups is 1. The van der Waals surface area contributed by atoms with Crippen molar-refractivity contribution >= 4 is 39.3 Å². The number of aromatic nitrogens is 1. The van der Waals surface area contributed by atoms with E-state index >= 15 is 0 Å². The van der Waals surface area contributed by atoms with Gasteiger partial charge in [0.25, 0.3) is 0 Å². The van der Waals surface area contributed by atoms with Crippen molar-refractivity contribution in [1.82, 2.24) is 4.98 Å². The summed E-state index contributed by atoms with van der Waals surface area (Å²) >= 11 is 4.87. The minimum atomic E-state index is -1.21. The van der Waals surface area contributed by atoms with E-state index in [1.54, 1.807) is 0 Å². The largest absolute Gasteiger partial charge is 0.377 e. The van der Waals surface area contributed by atoms with Crippen LogP contribution < -0.4 is 0 Å². The molecular formula is C9H7NO2S2. The highest BCUT2D eigenvalue weighted by Crippen LogP contribution is 2.26. The molecule has 14 heavy (non-hydrogen) atoms. The number of benzene rings is 1. The van der Waals surface area contributed by atoms with E-state index < -0.39 is 11.2 Å². The van der Waals surface area contributed by atoms with E-state index in [9.17, 15) is 9.90 Å². The highest BCUT2D eigenvalue weighted by molar-refractivity contribution is 7.96. The van der Waals surface area contributed by atoms with Gasteiger partial charge in [-0.1, -0.05) is 12.1 Å². The number of carbonyl (C=O) groups excluding carboxylic acids is 1. The molecule has 0 saturated carbocycles. The number of hydrogen-bond acceptors (Lipinski definition) is 4. The molecule has 0 aliphatic heterocycles. The lowest BCUT2D eigenvalue weighted by Crippen LogP contribution is -2.04. The Morgan fingerprint density at radius 2 is 2.21 bits per heavy atom. The Hall–Kier alpha value is -0.910. The molecule has 0 bridgehead atoms. The van der Waals surface area contributed by atoms with Crippen molar-refractivity contribution in [3.05, 3.63) is 29.3 Å². The summed E-state index contributed by atoms with van der Waals surface area (Å²) in [4.78, 5) is 14.9. The van der Waals surface area contributed by atoms with Crippen molar-refractivity contribution in [3.8, 4) is 0 Å². The van der Waals surface area contributed by atoms with Gasteiger partial charge < -0.3 is 5.11 Å². The van der Waals surface area contributed by atoms with Gasteiger partial charge >= 0.3 is 0 Å². The molecule has 0 aliphatic carbocycles. The molecule has 0 saturated heterocycles. The standard InChI is InChI=1S/C9H7NO2S2/c11-7(9(12)13)8-10-5-3-1-2-4-6(5)14-8/h1-4,7,11H,(H,12,13). The Morgan fingerprint density at radius 3 is 2.86 bits per heavy atom. The highest BCUT2D eigenvalue weighted by atomic mass is 32.1. The van der Waals surface area contributed by atoms with Crippen LogP contribution in [-0.4, -0.2) is 15.2 Å². The first-order chi connectivity index (χ1) is 6.68. The van der Waals surface area contributed by atoms with Crippen LogP contribution >= 0.6 is 24.0 Å². The van der Waals surface area contributed by atoms with Crippen LogP contribution in [0.2, 0.25) is 0 Å². The molecule has 1 unspecified atom stereocenters. The minimum absolute atomic E-state index is 0.395. The minimum Gasteiger partial charge on any atom is -0.377 e. The fourth-order valence-corrected chi connectivity index (χ4v) is 2.28. The molecule has 2 rings (SSSR count). The monoisotopic (exact) mass is 225 g/mol. The first-order valence-corrected chi connectivity index (χ1v) is 5.21. The van der Waals surface area contributed by atoms with Crippen LogP contribution in [0.15, 0.2) is 24.3 Å². The van der Waals surface area contributed by atoms with Crippen LogP contribution in [-0.2, 0) is 4.79 Å². The number of thiazole rings is 1. The predicted octanol–water partition coefficient (Wildman–Crippen LogP) is 1.79. The van der Waals surface area contributed by atoms with Gasteiger partial charge in [0.15, 0.2) is 6.10 Å². The van der Waals surface area contributed by atoms with Gasteiger partial charge in [-0.05, 0) is 12.1 Å². The molecule has 1 N–H and O–H groups in total. The molecule has 1 atom stereocenters. The number of thiol groups is 1. The highest BCUT2D eigenvalue weighted by Gasteiger charge is 2.17. The number of para-hydroxylation sites is 1. The molecule has 72 valence electrons. The number of aliphatic hydroxyl groups is 1. The lowest BCUT2D eigenvalue weighted by atomic mass is 10.3. The van der Waals surface area contributed by atoms with Crippen LogP contribution in [0.25, 0.3) is 10.2 Å². The van der Waals surface area contributed by atoms with E-state index in [0.717, 1.165) is 10.2 Å². The second-order valence-electron chi connectivity index (χ2n) is 2.76. The Kier molecular flexibility index (Phi) is 2.54. The molecule has 0 amide bonds. The summed E-state index contributed by atoms with van der Waals surface area (Å²) in [5, 5.41) is 9.24. The molecule has 0 aliphatic rings. The molecule has 5 heteroatoms. The van der Waals surface area contributed by atoms with Gasteiger partial charge in [-0.2, -0.15) is 0 Å². The zero-order valence-corrected chi connectivity index (χ0v) is 8.76. The first-order valence-electron chi connectivity index (χ1n) is 3.95. The summed E-state index contributed by atoms with van der Waals surface area (Å²) < 4.78 is 0.955. The van der Waals surface area contributed by atoms with Crippen LogP contribution in [0, 0.1) is 0 Å². The number of hydrogen-bond donors (Lipinski definition) is 2. The van der Waals surface area contributed by atoms with Gasteiger partial charge in [-0.25, -0.2) is 4.98 Å². The van der Waals surface area contributed by atoms with Crippen molar-refractivity contribution in [2.24, 2.45) is 0 Å². The Morgan fingerprint density at radius 1 is 1.50 bits per heavy atom. The van der Waals surface area contributed by atoms with E-state index in [4.69, 9.17) is 0 Å². The van der Waals surface area contributed by atoms with Gasteiger partial charge in [0.1, 0.15) is 5.01 Å². The van der Waals surface area contributed by atoms with Crippen molar-refractivity contribution in [2.75, 3.05) is 0 Å². The lowest BCUT2D eigenvalue weighted by Gasteiger charge is -1.98. The van der Waals surface area contributed by atoms with Gasteiger partial charge in [0.05, 0.1) is 10.2 Å². The fraction of sp³-hybridized carbons (Fsp3) is 0.111. The maximum absolute atomic E-state index is 10.8. The summed E-state index contributed by atoms with van der Waals surface area (Å²) in [6.45, 7) is 0. The molecule has 1 heterocycles. The normalized spacial score (nSPS) is 13.0. The van der Waals surface area contributed by atoms with E-state index in [2.05, 4.69) is 17.6 Å². The average Bonchev–Trinajstić information content (AvgIpc) is 2.59. The third-order valence-corrected chi connectivity index (χ3v) is 3.11. The van der Waals surface area contributed by atoms with Gasteiger partial charge in [0, 0.05) is 0 Å². The van der Waals surface area contributed by atoms with Crippen molar-refractivity contribution in [2.45, 2.75) is 6.10 Å². The molecule has 1 aromatic heterocycles. The van der Waals surface area contributed by atoms with E-state index in [0.29, 0.717) is 5.01 Å². The molecule has 3 nitrogen and oxygen atoms in total. The summed E-state index contributed by atoms with van der Waals surface area (Å²) in [6.07, 6.45) is -1.21.